The molecule has 3 rings (SSSR count). The maximum Gasteiger partial charge on any atom is 0.430 e. The number of alkyl halides is 6. The van der Waals surface area contributed by atoms with E-state index < -0.39 is 57.0 Å². The molecule has 0 saturated carbocycles. The van der Waals surface area contributed by atoms with E-state index in [0.717, 1.165) is 24.3 Å². The van der Waals surface area contributed by atoms with E-state index in [1.54, 1.807) is 20.8 Å². The van der Waals surface area contributed by atoms with Gasteiger partial charge in [-0.3, -0.25) is 0 Å². The largest absolute Gasteiger partial charge is 0.611 e. The van der Waals surface area contributed by atoms with E-state index in [-0.39, 0.29) is 30.0 Å². The topological polar surface area (TPSA) is 72.8 Å². The number of carbonyl (C=O) groups is 1. The maximum absolute atomic E-state index is 13.7. The van der Waals surface area contributed by atoms with Crippen LogP contribution in [0.25, 0.3) is 0 Å². The van der Waals surface area contributed by atoms with Crippen LogP contribution in [0.3, 0.4) is 0 Å². The molecule has 37 heavy (non-hydrogen) atoms. The van der Waals surface area contributed by atoms with Gasteiger partial charge in [-0.2, -0.15) is 26.3 Å². The monoisotopic (exact) mass is 555 g/mol. The molecule has 1 fully saturated rings. The van der Waals surface area contributed by atoms with E-state index >= 15 is 0 Å². The second-order valence-electron chi connectivity index (χ2n) is 9.65. The van der Waals surface area contributed by atoms with Crippen molar-refractivity contribution < 1.29 is 49.9 Å². The van der Waals surface area contributed by atoms with E-state index in [0.29, 0.717) is 12.1 Å². The Labute approximate surface area is 211 Å². The van der Waals surface area contributed by atoms with Crippen LogP contribution in [0, 0.1) is 5.82 Å². The summed E-state index contributed by atoms with van der Waals surface area (Å²) in [4.78, 5) is 14.0. The van der Waals surface area contributed by atoms with E-state index in [9.17, 15) is 45.2 Å². The summed E-state index contributed by atoms with van der Waals surface area (Å²) in [5.41, 5.74) is -7.39. The number of rotatable bonds is 4. The molecule has 0 radical (unpaired) electrons. The highest BCUT2D eigenvalue weighted by molar-refractivity contribution is 7.92. The lowest BCUT2D eigenvalue weighted by Crippen LogP contribution is -2.54. The number of aliphatic hydroxyl groups is 1. The standard InChI is InChI=1S/C24H24F7NO4S/c1-20(2,3)36-19(33)32-13-12-21(14-32,37(35)18-10-8-17(25)9-11-18)15-4-6-16(7-5-15)22(34,23(26,27)28)24(29,30)31/h4-11,34H,12-14H2,1-3H3. The molecule has 2 aromatic carbocycles. The van der Waals surface area contributed by atoms with Crippen LogP contribution in [-0.4, -0.2) is 51.7 Å². The minimum absolute atomic E-state index is 0.0123. The Balaban J connectivity index is 2.07. The van der Waals surface area contributed by atoms with Crippen molar-refractivity contribution in [3.63, 3.8) is 0 Å². The van der Waals surface area contributed by atoms with Crippen molar-refractivity contribution >= 4 is 17.3 Å². The van der Waals surface area contributed by atoms with Crippen molar-refractivity contribution in [2.45, 2.75) is 60.4 Å². The lowest BCUT2D eigenvalue weighted by molar-refractivity contribution is -0.376. The fourth-order valence-corrected chi connectivity index (χ4v) is 5.78. The molecular formula is C24H24F7NO4S. The molecule has 2 aromatic rings. The number of likely N-dealkylation sites (tertiary alicyclic amines) is 1. The number of benzene rings is 2. The van der Waals surface area contributed by atoms with E-state index in [1.165, 1.54) is 17.0 Å². The van der Waals surface area contributed by atoms with Gasteiger partial charge >= 0.3 is 18.4 Å². The Bertz CT molecular complexity index is 1100. The predicted molar refractivity (Wildman–Crippen MR) is 119 cm³/mol. The lowest BCUT2D eigenvalue weighted by Gasteiger charge is -2.34. The van der Waals surface area contributed by atoms with Gasteiger partial charge in [0.15, 0.2) is 9.64 Å². The van der Waals surface area contributed by atoms with Crippen LogP contribution in [0.15, 0.2) is 53.4 Å². The van der Waals surface area contributed by atoms with Crippen molar-refractivity contribution in [2.24, 2.45) is 0 Å². The molecule has 1 heterocycles. The number of ether oxygens (including phenoxy) is 1. The molecule has 13 heteroatoms. The zero-order valence-corrected chi connectivity index (χ0v) is 20.7. The van der Waals surface area contributed by atoms with Crippen LogP contribution < -0.4 is 0 Å². The molecule has 1 aliphatic heterocycles. The molecule has 1 saturated heterocycles. The van der Waals surface area contributed by atoms with Gasteiger partial charge in [0.1, 0.15) is 11.4 Å². The highest BCUT2D eigenvalue weighted by Gasteiger charge is 2.71. The quantitative estimate of drug-likeness (QED) is 0.384. The fourth-order valence-electron chi connectivity index (χ4n) is 4.05. The SMILES string of the molecule is CC(C)(C)OC(=O)N1CCC(c2ccc(C(O)(C(F)(F)F)C(F)(F)F)cc2)([S+]([O-])c2ccc(F)cc2)C1. The molecule has 0 spiro atoms. The molecule has 0 aliphatic carbocycles. The van der Waals surface area contributed by atoms with E-state index in [4.69, 9.17) is 4.74 Å². The van der Waals surface area contributed by atoms with E-state index in [2.05, 4.69) is 0 Å². The predicted octanol–water partition coefficient (Wildman–Crippen LogP) is 5.78. The van der Waals surface area contributed by atoms with Gasteiger partial charge in [-0.15, -0.1) is 0 Å². The third-order valence-electron chi connectivity index (χ3n) is 5.92. The van der Waals surface area contributed by atoms with Gasteiger partial charge in [-0.25, -0.2) is 9.18 Å². The molecule has 0 bridgehead atoms. The molecular weight excluding hydrogens is 531 g/mol. The number of halogens is 7. The van der Waals surface area contributed by atoms with E-state index in [1.807, 2.05) is 0 Å². The minimum Gasteiger partial charge on any atom is -0.611 e. The van der Waals surface area contributed by atoms with Crippen LogP contribution in [0.2, 0.25) is 0 Å². The van der Waals surface area contributed by atoms with Gasteiger partial charge < -0.3 is 19.3 Å². The van der Waals surface area contributed by atoms with Gasteiger partial charge in [0.2, 0.25) is 0 Å². The molecule has 0 aromatic heterocycles. The number of amides is 1. The van der Waals surface area contributed by atoms with Gasteiger partial charge in [0.25, 0.3) is 5.60 Å². The summed E-state index contributed by atoms with van der Waals surface area (Å²) in [5.74, 6) is -0.612. The molecule has 1 amide bonds. The van der Waals surface area contributed by atoms with Crippen LogP contribution in [-0.2, 0) is 26.3 Å². The summed E-state index contributed by atoms with van der Waals surface area (Å²) in [5, 5.41) is 9.70. The summed E-state index contributed by atoms with van der Waals surface area (Å²) in [6.07, 6.45) is -12.9. The Morgan fingerprint density at radius 3 is 1.95 bits per heavy atom. The zero-order valence-electron chi connectivity index (χ0n) is 19.9. The van der Waals surface area contributed by atoms with Crippen molar-refractivity contribution in [1.82, 2.24) is 4.90 Å². The van der Waals surface area contributed by atoms with Gasteiger partial charge in [-0.05, 0) is 56.2 Å². The molecule has 1 aliphatic rings. The zero-order chi connectivity index (χ0) is 28.0. The highest BCUT2D eigenvalue weighted by Crippen LogP contribution is 2.51. The summed E-state index contributed by atoms with van der Waals surface area (Å²) in [6.45, 7) is 4.68. The van der Waals surface area contributed by atoms with Crippen LogP contribution in [0.5, 0.6) is 0 Å². The molecule has 2 atom stereocenters. The maximum atomic E-state index is 13.7. The number of hydrogen-bond acceptors (Lipinski definition) is 4. The second-order valence-corrected chi connectivity index (χ2v) is 11.4. The molecule has 5 nitrogen and oxygen atoms in total. The summed E-state index contributed by atoms with van der Waals surface area (Å²) < 4.78 is 111. The first kappa shape index (κ1) is 29.1. The Morgan fingerprint density at radius 1 is 0.973 bits per heavy atom. The van der Waals surface area contributed by atoms with Crippen LogP contribution >= 0.6 is 0 Å². The average Bonchev–Trinajstić information content (AvgIpc) is 3.23. The number of hydrogen-bond donors (Lipinski definition) is 1. The van der Waals surface area contributed by atoms with Gasteiger partial charge in [0.05, 0.1) is 6.54 Å². The summed E-state index contributed by atoms with van der Waals surface area (Å²) in [7, 11) is 0. The van der Waals surface area contributed by atoms with Gasteiger partial charge in [0, 0.05) is 24.1 Å². The molecule has 204 valence electrons. The minimum atomic E-state index is -6.07. The van der Waals surface area contributed by atoms with Crippen LogP contribution in [0.1, 0.15) is 38.3 Å². The van der Waals surface area contributed by atoms with Crippen molar-refractivity contribution in [1.29, 1.82) is 0 Å². The second kappa shape index (κ2) is 9.66. The van der Waals surface area contributed by atoms with Crippen molar-refractivity contribution in [3.8, 4) is 0 Å². The summed E-state index contributed by atoms with van der Waals surface area (Å²) in [6, 6.07) is 7.35. The normalized spacial score (nSPS) is 20.2. The first-order chi connectivity index (χ1) is 16.8. The number of carbonyl (C=O) groups excluding carboxylic acids is 1. The van der Waals surface area contributed by atoms with Crippen molar-refractivity contribution in [2.75, 3.05) is 13.1 Å². The van der Waals surface area contributed by atoms with Crippen molar-refractivity contribution in [3.05, 3.63) is 65.5 Å². The summed E-state index contributed by atoms with van der Waals surface area (Å²) >= 11 is -2.02. The Hall–Kier alpha value is -2.51. The third kappa shape index (κ3) is 5.53. The first-order valence-electron chi connectivity index (χ1n) is 10.9. The third-order valence-corrected chi connectivity index (χ3v) is 7.89. The molecule has 1 N–H and O–H groups in total. The van der Waals surface area contributed by atoms with Gasteiger partial charge in [-0.1, -0.05) is 24.3 Å². The van der Waals surface area contributed by atoms with Crippen LogP contribution in [0.4, 0.5) is 35.5 Å². The number of nitrogens with zero attached hydrogens (tertiary/aromatic N) is 1. The highest BCUT2D eigenvalue weighted by atomic mass is 32.2. The average molecular weight is 556 g/mol. The molecule has 2 unspecified atom stereocenters. The smallest absolute Gasteiger partial charge is 0.430 e. The fraction of sp³-hybridized carbons (Fsp3) is 0.458. The Morgan fingerprint density at radius 2 is 1.49 bits per heavy atom. The lowest BCUT2D eigenvalue weighted by atomic mass is 9.89. The Kier molecular flexibility index (Phi) is 7.59. The first-order valence-corrected chi connectivity index (χ1v) is 12.1.